The van der Waals surface area contributed by atoms with Crippen LogP contribution >= 0.6 is 0 Å². The average Bonchev–Trinajstić information content (AvgIpc) is 2.50. The quantitative estimate of drug-likeness (QED) is 0.702. The number of benzene rings is 1. The van der Waals surface area contributed by atoms with Gasteiger partial charge in [0.2, 0.25) is 5.91 Å². The lowest BCUT2D eigenvalue weighted by Crippen LogP contribution is -2.42. The van der Waals surface area contributed by atoms with E-state index in [-0.39, 0.29) is 25.4 Å². The zero-order valence-corrected chi connectivity index (χ0v) is 12.9. The van der Waals surface area contributed by atoms with Crippen LogP contribution in [0.2, 0.25) is 0 Å². The number of carboxylic acids is 1. The second kappa shape index (κ2) is 8.89. The van der Waals surface area contributed by atoms with Crippen LogP contribution in [-0.2, 0) is 20.7 Å². The van der Waals surface area contributed by atoms with Gasteiger partial charge in [0.15, 0.2) is 11.5 Å². The molecule has 7 nitrogen and oxygen atoms in total. The van der Waals surface area contributed by atoms with Crippen molar-refractivity contribution in [1.82, 2.24) is 5.32 Å². The van der Waals surface area contributed by atoms with Gasteiger partial charge in [0, 0.05) is 20.1 Å². The topological polar surface area (TPSA) is 94.1 Å². The maximum absolute atomic E-state index is 12.0. The van der Waals surface area contributed by atoms with Crippen molar-refractivity contribution in [1.29, 1.82) is 0 Å². The molecule has 2 N–H and O–H groups in total. The lowest BCUT2D eigenvalue weighted by Gasteiger charge is -2.14. The van der Waals surface area contributed by atoms with Crippen molar-refractivity contribution < 1.29 is 28.9 Å². The molecule has 0 aliphatic heterocycles. The smallest absolute Gasteiger partial charge is 0.326 e. The molecule has 0 heterocycles. The summed E-state index contributed by atoms with van der Waals surface area (Å²) in [5.41, 5.74) is 0.700. The molecule has 7 heteroatoms. The van der Waals surface area contributed by atoms with Gasteiger partial charge in [-0.25, -0.2) is 4.79 Å². The molecule has 0 spiro atoms. The number of aliphatic carboxylic acids is 1. The summed E-state index contributed by atoms with van der Waals surface area (Å²) in [6.45, 7) is 0.258. The zero-order valence-electron chi connectivity index (χ0n) is 12.9. The second-order valence-corrected chi connectivity index (χ2v) is 4.61. The minimum atomic E-state index is -1.09. The Morgan fingerprint density at radius 3 is 2.41 bits per heavy atom. The summed E-state index contributed by atoms with van der Waals surface area (Å²) in [4.78, 5) is 23.0. The Bertz CT molecular complexity index is 517. The molecular weight excluding hydrogens is 290 g/mol. The first kappa shape index (κ1) is 17.8. The predicted octanol–water partition coefficient (Wildman–Crippen LogP) is 0.852. The van der Waals surface area contributed by atoms with Gasteiger partial charge in [0.05, 0.1) is 20.6 Å². The van der Waals surface area contributed by atoms with E-state index < -0.39 is 12.0 Å². The first-order valence-corrected chi connectivity index (χ1v) is 6.73. The number of rotatable bonds is 9. The van der Waals surface area contributed by atoms with E-state index in [1.165, 1.54) is 21.3 Å². The molecule has 0 aromatic heterocycles. The highest BCUT2D eigenvalue weighted by molar-refractivity contribution is 5.84. The van der Waals surface area contributed by atoms with Crippen molar-refractivity contribution in [2.45, 2.75) is 18.9 Å². The van der Waals surface area contributed by atoms with Crippen LogP contribution in [0.15, 0.2) is 18.2 Å². The van der Waals surface area contributed by atoms with Crippen molar-refractivity contribution in [2.75, 3.05) is 27.9 Å². The number of hydrogen-bond donors (Lipinski definition) is 2. The summed E-state index contributed by atoms with van der Waals surface area (Å²) in [7, 11) is 4.51. The standard InChI is InChI=1S/C15H21NO6/c1-20-7-6-11(15(18)19)16-14(17)9-10-4-5-12(21-2)13(8-10)22-3/h4-5,8,11H,6-7,9H2,1-3H3,(H,16,17)(H,18,19). The van der Waals surface area contributed by atoms with E-state index in [0.29, 0.717) is 17.1 Å². The van der Waals surface area contributed by atoms with E-state index in [0.717, 1.165) is 0 Å². The van der Waals surface area contributed by atoms with Gasteiger partial charge in [-0.2, -0.15) is 0 Å². The Morgan fingerprint density at radius 2 is 1.86 bits per heavy atom. The van der Waals surface area contributed by atoms with Gasteiger partial charge in [-0.3, -0.25) is 4.79 Å². The molecule has 1 atom stereocenters. The highest BCUT2D eigenvalue weighted by Crippen LogP contribution is 2.27. The third kappa shape index (κ3) is 5.25. The van der Waals surface area contributed by atoms with E-state index in [2.05, 4.69) is 5.32 Å². The summed E-state index contributed by atoms with van der Waals surface area (Å²) in [6.07, 6.45) is 0.265. The van der Waals surface area contributed by atoms with E-state index in [4.69, 9.17) is 19.3 Å². The van der Waals surface area contributed by atoms with Crippen molar-refractivity contribution in [2.24, 2.45) is 0 Å². The summed E-state index contributed by atoms with van der Waals surface area (Å²) in [5, 5.41) is 11.5. The number of carboxylic acid groups (broad SMARTS) is 1. The zero-order chi connectivity index (χ0) is 16.5. The normalized spacial score (nSPS) is 11.6. The second-order valence-electron chi connectivity index (χ2n) is 4.61. The van der Waals surface area contributed by atoms with E-state index in [1.807, 2.05) is 0 Å². The van der Waals surface area contributed by atoms with Crippen LogP contribution in [0.4, 0.5) is 0 Å². The first-order valence-electron chi connectivity index (χ1n) is 6.73. The molecule has 0 aliphatic carbocycles. The number of ether oxygens (including phenoxy) is 3. The van der Waals surface area contributed by atoms with Gasteiger partial charge in [0.25, 0.3) is 0 Å². The molecule has 0 bridgehead atoms. The lowest BCUT2D eigenvalue weighted by atomic mass is 10.1. The number of amides is 1. The van der Waals surface area contributed by atoms with Crippen LogP contribution in [0.3, 0.4) is 0 Å². The van der Waals surface area contributed by atoms with E-state index in [1.54, 1.807) is 18.2 Å². The van der Waals surface area contributed by atoms with Crippen LogP contribution in [-0.4, -0.2) is 51.0 Å². The maximum atomic E-state index is 12.0. The number of nitrogens with one attached hydrogen (secondary N) is 1. The fourth-order valence-electron chi connectivity index (χ4n) is 1.91. The van der Waals surface area contributed by atoms with Gasteiger partial charge >= 0.3 is 5.97 Å². The van der Waals surface area contributed by atoms with Gasteiger partial charge in [-0.15, -0.1) is 0 Å². The van der Waals surface area contributed by atoms with Crippen LogP contribution in [0, 0.1) is 0 Å². The largest absolute Gasteiger partial charge is 0.493 e. The highest BCUT2D eigenvalue weighted by atomic mass is 16.5. The fraction of sp³-hybridized carbons (Fsp3) is 0.467. The molecule has 1 aromatic rings. The summed E-state index contributed by atoms with van der Waals surface area (Å²) in [5.74, 6) is -0.384. The van der Waals surface area contributed by atoms with Crippen molar-refractivity contribution in [3.63, 3.8) is 0 Å². The molecule has 0 saturated carbocycles. The number of carbonyl (C=O) groups excluding carboxylic acids is 1. The van der Waals surface area contributed by atoms with Gasteiger partial charge in [-0.05, 0) is 17.7 Å². The highest BCUT2D eigenvalue weighted by Gasteiger charge is 2.19. The van der Waals surface area contributed by atoms with Gasteiger partial charge in [0.1, 0.15) is 6.04 Å². The number of hydrogen-bond acceptors (Lipinski definition) is 5. The fourth-order valence-corrected chi connectivity index (χ4v) is 1.91. The van der Waals surface area contributed by atoms with Crippen LogP contribution in [0.1, 0.15) is 12.0 Å². The predicted molar refractivity (Wildman–Crippen MR) is 79.3 cm³/mol. The summed E-state index contributed by atoms with van der Waals surface area (Å²) < 4.78 is 15.1. The molecule has 122 valence electrons. The Kier molecular flexibility index (Phi) is 7.18. The molecule has 0 radical (unpaired) electrons. The van der Waals surface area contributed by atoms with Crippen molar-refractivity contribution >= 4 is 11.9 Å². The monoisotopic (exact) mass is 311 g/mol. The molecule has 0 fully saturated rings. The summed E-state index contributed by atoms with van der Waals surface area (Å²) >= 11 is 0. The van der Waals surface area contributed by atoms with Crippen molar-refractivity contribution in [3.8, 4) is 11.5 Å². The Balaban J connectivity index is 2.69. The minimum Gasteiger partial charge on any atom is -0.493 e. The van der Waals surface area contributed by atoms with E-state index >= 15 is 0 Å². The van der Waals surface area contributed by atoms with Crippen LogP contribution < -0.4 is 14.8 Å². The van der Waals surface area contributed by atoms with Crippen LogP contribution in [0.25, 0.3) is 0 Å². The number of methoxy groups -OCH3 is 3. The average molecular weight is 311 g/mol. The lowest BCUT2D eigenvalue weighted by molar-refractivity contribution is -0.142. The molecule has 1 unspecified atom stereocenters. The van der Waals surface area contributed by atoms with E-state index in [9.17, 15) is 9.59 Å². The minimum absolute atomic E-state index is 0.0527. The van der Waals surface area contributed by atoms with Crippen molar-refractivity contribution in [3.05, 3.63) is 23.8 Å². The Hall–Kier alpha value is -2.28. The molecule has 0 saturated heterocycles. The third-order valence-electron chi connectivity index (χ3n) is 3.06. The first-order chi connectivity index (χ1) is 10.5. The van der Waals surface area contributed by atoms with Gasteiger partial charge < -0.3 is 24.6 Å². The molecule has 1 aromatic carbocycles. The Morgan fingerprint density at radius 1 is 1.18 bits per heavy atom. The maximum Gasteiger partial charge on any atom is 0.326 e. The van der Waals surface area contributed by atoms with Gasteiger partial charge in [-0.1, -0.05) is 6.07 Å². The third-order valence-corrected chi connectivity index (χ3v) is 3.06. The molecule has 0 aliphatic rings. The molecular formula is C15H21NO6. The Labute approximate surface area is 129 Å². The summed E-state index contributed by atoms with van der Waals surface area (Å²) in [6, 6.07) is 4.14. The molecule has 1 rings (SSSR count). The SMILES string of the molecule is COCCC(NC(=O)Cc1ccc(OC)c(OC)c1)C(=O)O. The number of carbonyl (C=O) groups is 2. The molecule has 1 amide bonds. The van der Waals surface area contributed by atoms with Crippen LogP contribution in [0.5, 0.6) is 11.5 Å². The molecule has 22 heavy (non-hydrogen) atoms.